The van der Waals surface area contributed by atoms with Crippen molar-refractivity contribution in [3.8, 4) is 0 Å². The van der Waals surface area contributed by atoms with Gasteiger partial charge in [0.15, 0.2) is 0 Å². The molecule has 1 aliphatic rings. The van der Waals surface area contributed by atoms with Crippen LogP contribution in [0.25, 0.3) is 0 Å². The molecule has 0 aliphatic carbocycles. The van der Waals surface area contributed by atoms with Gasteiger partial charge >= 0.3 is 5.97 Å². The molecule has 8 N–H and O–H groups in total. The van der Waals surface area contributed by atoms with Crippen molar-refractivity contribution in [2.24, 2.45) is 5.73 Å². The lowest BCUT2D eigenvalue weighted by molar-refractivity contribution is -0.143. The first-order chi connectivity index (χ1) is 14.8. The van der Waals surface area contributed by atoms with Gasteiger partial charge in [0.2, 0.25) is 17.7 Å². The zero-order valence-corrected chi connectivity index (χ0v) is 18.7. The van der Waals surface area contributed by atoms with Gasteiger partial charge in [-0.1, -0.05) is 0 Å². The molecule has 31 heavy (non-hydrogen) atoms. The Hall–Kier alpha value is -1.89. The molecular formula is C19H35N5O6S. The summed E-state index contributed by atoms with van der Waals surface area (Å²) in [7, 11) is 0. The van der Waals surface area contributed by atoms with E-state index in [1.165, 1.54) is 11.8 Å². The third kappa shape index (κ3) is 9.85. The topological polar surface area (TPSA) is 183 Å². The van der Waals surface area contributed by atoms with Gasteiger partial charge in [-0.25, -0.2) is 4.79 Å². The third-order valence-corrected chi connectivity index (χ3v) is 5.64. The Morgan fingerprint density at radius 1 is 1.06 bits per heavy atom. The van der Waals surface area contributed by atoms with E-state index < -0.39 is 42.5 Å². The number of carboxylic acids is 1. The summed E-state index contributed by atoms with van der Waals surface area (Å²) in [4.78, 5) is 49.1. The lowest BCUT2D eigenvalue weighted by Crippen LogP contribution is -2.57. The number of carbonyl (C=O) groups is 4. The van der Waals surface area contributed by atoms with Crippen molar-refractivity contribution >= 4 is 35.5 Å². The highest BCUT2D eigenvalue weighted by atomic mass is 32.2. The Balaban J connectivity index is 2.84. The zero-order valence-electron chi connectivity index (χ0n) is 17.9. The van der Waals surface area contributed by atoms with Crippen molar-refractivity contribution in [2.75, 3.05) is 31.7 Å². The highest BCUT2D eigenvalue weighted by molar-refractivity contribution is 7.98. The molecule has 0 radical (unpaired) electrons. The summed E-state index contributed by atoms with van der Waals surface area (Å²) in [6.45, 7) is 0.439. The number of aliphatic hydroxyl groups is 1. The Morgan fingerprint density at radius 2 is 1.71 bits per heavy atom. The highest BCUT2D eigenvalue weighted by Crippen LogP contribution is 2.09. The fraction of sp³-hybridized carbons (Fsp3) is 0.789. The minimum Gasteiger partial charge on any atom is -0.480 e. The van der Waals surface area contributed by atoms with Gasteiger partial charge < -0.3 is 37.2 Å². The number of aliphatic carboxylic acids is 1. The van der Waals surface area contributed by atoms with E-state index in [1.54, 1.807) is 0 Å². The highest BCUT2D eigenvalue weighted by Gasteiger charge is 2.31. The molecule has 1 heterocycles. The maximum Gasteiger partial charge on any atom is 0.328 e. The smallest absolute Gasteiger partial charge is 0.328 e. The molecule has 11 nitrogen and oxygen atoms in total. The molecule has 12 heteroatoms. The number of unbranched alkanes of at least 4 members (excludes halogenated alkanes) is 1. The first kappa shape index (κ1) is 27.1. The van der Waals surface area contributed by atoms with Crippen LogP contribution in [0.2, 0.25) is 0 Å². The van der Waals surface area contributed by atoms with E-state index in [1.807, 2.05) is 6.26 Å². The number of nitrogens with two attached hydrogens (primary N) is 1. The van der Waals surface area contributed by atoms with E-state index >= 15 is 0 Å². The average Bonchev–Trinajstić information content (AvgIpc) is 3.28. The van der Waals surface area contributed by atoms with Crippen LogP contribution in [-0.2, 0) is 19.2 Å². The number of carbonyl (C=O) groups excluding carboxylic acids is 3. The average molecular weight is 462 g/mol. The lowest BCUT2D eigenvalue weighted by Gasteiger charge is -2.25. The molecule has 1 rings (SSSR count). The number of aliphatic hydroxyl groups excluding tert-OH is 1. The molecule has 178 valence electrons. The first-order valence-corrected chi connectivity index (χ1v) is 11.9. The molecule has 1 fully saturated rings. The first-order valence-electron chi connectivity index (χ1n) is 10.5. The second kappa shape index (κ2) is 15.0. The van der Waals surface area contributed by atoms with Gasteiger partial charge in [0.05, 0.1) is 12.6 Å². The van der Waals surface area contributed by atoms with Crippen molar-refractivity contribution in [3.05, 3.63) is 0 Å². The van der Waals surface area contributed by atoms with E-state index in [2.05, 4.69) is 21.3 Å². The van der Waals surface area contributed by atoms with Crippen LogP contribution in [0.1, 0.15) is 38.5 Å². The molecule has 0 saturated carbocycles. The second-order valence-electron chi connectivity index (χ2n) is 7.42. The Morgan fingerprint density at radius 3 is 2.23 bits per heavy atom. The van der Waals surface area contributed by atoms with E-state index in [9.17, 15) is 19.2 Å². The van der Waals surface area contributed by atoms with Crippen molar-refractivity contribution in [2.45, 2.75) is 62.7 Å². The monoisotopic (exact) mass is 461 g/mol. The molecule has 0 bridgehead atoms. The predicted octanol–water partition coefficient (Wildman–Crippen LogP) is -1.85. The summed E-state index contributed by atoms with van der Waals surface area (Å²) in [5.41, 5.74) is 5.53. The summed E-state index contributed by atoms with van der Waals surface area (Å²) in [6.07, 6.45) is 5.37. The number of rotatable bonds is 15. The summed E-state index contributed by atoms with van der Waals surface area (Å²) < 4.78 is 0. The minimum absolute atomic E-state index is 0.262. The molecular weight excluding hydrogens is 426 g/mol. The van der Waals surface area contributed by atoms with Crippen molar-refractivity contribution in [3.63, 3.8) is 0 Å². The molecule has 0 aromatic heterocycles. The zero-order chi connectivity index (χ0) is 23.2. The van der Waals surface area contributed by atoms with Crippen LogP contribution >= 0.6 is 11.8 Å². The van der Waals surface area contributed by atoms with Crippen LogP contribution in [-0.4, -0.2) is 89.8 Å². The SMILES string of the molecule is CSCCC(NC(=O)C(CCCCN)NC(=O)C1CCCN1)C(=O)NC(CO)C(=O)O. The summed E-state index contributed by atoms with van der Waals surface area (Å²) in [6, 6.07) is -3.64. The number of hydrogen-bond donors (Lipinski definition) is 7. The second-order valence-corrected chi connectivity index (χ2v) is 8.40. The van der Waals surface area contributed by atoms with Crippen LogP contribution in [0.3, 0.4) is 0 Å². The Labute approximate surface area is 186 Å². The standard InChI is InChI=1S/C19H35N5O6S/c1-31-10-7-14(18(28)24-15(11-25)19(29)30)23-17(27)13(5-2-3-8-20)22-16(26)12-6-4-9-21-12/h12-15,21,25H,2-11,20H2,1H3,(H,22,26)(H,23,27)(H,24,28)(H,29,30). The maximum absolute atomic E-state index is 12.9. The summed E-state index contributed by atoms with van der Waals surface area (Å²) in [5, 5.41) is 28.9. The molecule has 1 saturated heterocycles. The fourth-order valence-corrected chi connectivity index (χ4v) is 3.65. The molecule has 3 amide bonds. The van der Waals surface area contributed by atoms with Gasteiger partial charge in [-0.05, 0) is 63.6 Å². The normalized spacial score (nSPS) is 18.6. The third-order valence-electron chi connectivity index (χ3n) is 5.00. The molecule has 0 aromatic rings. The molecule has 4 unspecified atom stereocenters. The number of thioether (sulfide) groups is 1. The fourth-order valence-electron chi connectivity index (χ4n) is 3.18. The maximum atomic E-state index is 12.9. The molecule has 1 aliphatic heterocycles. The van der Waals surface area contributed by atoms with Crippen molar-refractivity contribution in [1.82, 2.24) is 21.3 Å². The van der Waals surface area contributed by atoms with Gasteiger partial charge in [0.1, 0.15) is 18.1 Å². The van der Waals surface area contributed by atoms with Crippen LogP contribution in [0.5, 0.6) is 0 Å². The van der Waals surface area contributed by atoms with Crippen molar-refractivity contribution in [1.29, 1.82) is 0 Å². The Bertz CT molecular complexity index is 602. The van der Waals surface area contributed by atoms with Crippen LogP contribution in [0, 0.1) is 0 Å². The van der Waals surface area contributed by atoms with Gasteiger partial charge in [-0.15, -0.1) is 0 Å². The predicted molar refractivity (Wildman–Crippen MR) is 117 cm³/mol. The molecule has 4 atom stereocenters. The molecule has 0 aromatic carbocycles. The van der Waals surface area contributed by atoms with Gasteiger partial charge in [-0.2, -0.15) is 11.8 Å². The number of carboxylic acid groups (broad SMARTS) is 1. The quantitative estimate of drug-likeness (QED) is 0.138. The van der Waals surface area contributed by atoms with Crippen LogP contribution in [0.4, 0.5) is 0 Å². The summed E-state index contributed by atoms with van der Waals surface area (Å²) >= 11 is 1.47. The summed E-state index contributed by atoms with van der Waals surface area (Å²) in [5.74, 6) is -2.30. The largest absolute Gasteiger partial charge is 0.480 e. The number of hydrogen-bond acceptors (Lipinski definition) is 8. The van der Waals surface area contributed by atoms with Crippen molar-refractivity contribution < 1.29 is 29.4 Å². The minimum atomic E-state index is -1.46. The van der Waals surface area contributed by atoms with Gasteiger partial charge in [0.25, 0.3) is 0 Å². The lowest BCUT2D eigenvalue weighted by atomic mass is 10.1. The Kier molecular flexibility index (Phi) is 13.1. The van der Waals surface area contributed by atoms with Crippen LogP contribution in [0.15, 0.2) is 0 Å². The number of nitrogens with one attached hydrogen (secondary N) is 4. The number of amides is 3. The van der Waals surface area contributed by atoms with E-state index in [0.717, 1.165) is 13.0 Å². The van der Waals surface area contributed by atoms with Gasteiger partial charge in [0, 0.05) is 0 Å². The van der Waals surface area contributed by atoms with E-state index in [4.69, 9.17) is 15.9 Å². The molecule has 0 spiro atoms. The van der Waals surface area contributed by atoms with Crippen LogP contribution < -0.4 is 27.0 Å². The van der Waals surface area contributed by atoms with E-state index in [-0.39, 0.29) is 18.4 Å². The van der Waals surface area contributed by atoms with E-state index in [0.29, 0.717) is 38.0 Å². The van der Waals surface area contributed by atoms with Gasteiger partial charge in [-0.3, -0.25) is 14.4 Å².